The molecule has 1 aromatic carbocycles. The van der Waals surface area contributed by atoms with Crippen LogP contribution in [0.15, 0.2) is 18.2 Å². The number of hydrogen-bond acceptors (Lipinski definition) is 5. The standard InChI is InChI=1S/C15H20N4O4/c16-11-7-6-9(8-13(11)19(22)23)15(21)18-12-5-3-1-2-4-10(12)14(17)20/h6-8,10,12H,1-5,16H2,(H2,17,20)(H,18,21)/t10-,12-/m0/s1. The molecule has 2 atom stereocenters. The minimum Gasteiger partial charge on any atom is -0.393 e. The van der Waals surface area contributed by atoms with Crippen molar-refractivity contribution in [3.63, 3.8) is 0 Å². The second kappa shape index (κ2) is 7.08. The average molecular weight is 320 g/mol. The molecule has 0 aromatic heterocycles. The van der Waals surface area contributed by atoms with Crippen molar-refractivity contribution >= 4 is 23.2 Å². The van der Waals surface area contributed by atoms with Gasteiger partial charge in [-0.05, 0) is 25.0 Å². The molecule has 8 nitrogen and oxygen atoms in total. The predicted molar refractivity (Wildman–Crippen MR) is 84.5 cm³/mol. The van der Waals surface area contributed by atoms with Crippen LogP contribution in [0, 0.1) is 16.0 Å². The number of benzene rings is 1. The molecule has 0 heterocycles. The van der Waals surface area contributed by atoms with Crippen molar-refractivity contribution in [2.45, 2.75) is 38.1 Å². The Balaban J connectivity index is 2.18. The van der Waals surface area contributed by atoms with Gasteiger partial charge in [0.1, 0.15) is 5.69 Å². The van der Waals surface area contributed by atoms with Crippen LogP contribution in [0.5, 0.6) is 0 Å². The van der Waals surface area contributed by atoms with Crippen LogP contribution >= 0.6 is 0 Å². The summed E-state index contributed by atoms with van der Waals surface area (Å²) < 4.78 is 0. The third-order valence-corrected chi connectivity index (χ3v) is 4.19. The summed E-state index contributed by atoms with van der Waals surface area (Å²) in [5, 5.41) is 13.7. The maximum Gasteiger partial charge on any atom is 0.292 e. The van der Waals surface area contributed by atoms with Crippen LogP contribution in [0.3, 0.4) is 0 Å². The van der Waals surface area contributed by atoms with Crippen LogP contribution in [-0.4, -0.2) is 22.8 Å². The van der Waals surface area contributed by atoms with Crippen molar-refractivity contribution in [2.24, 2.45) is 11.7 Å². The van der Waals surface area contributed by atoms with E-state index in [2.05, 4.69) is 5.32 Å². The Morgan fingerprint density at radius 3 is 2.57 bits per heavy atom. The van der Waals surface area contributed by atoms with Gasteiger partial charge in [0.05, 0.1) is 10.8 Å². The number of primary amides is 1. The van der Waals surface area contributed by atoms with Crippen molar-refractivity contribution in [1.29, 1.82) is 0 Å². The average Bonchev–Trinajstić information content (AvgIpc) is 2.72. The van der Waals surface area contributed by atoms with Gasteiger partial charge in [0.25, 0.3) is 11.6 Å². The fourth-order valence-electron chi connectivity index (χ4n) is 2.92. The molecule has 2 amide bonds. The number of rotatable bonds is 4. The number of nitro groups is 1. The monoisotopic (exact) mass is 320 g/mol. The minimum absolute atomic E-state index is 0.00368. The lowest BCUT2D eigenvalue weighted by Crippen LogP contribution is -2.44. The van der Waals surface area contributed by atoms with E-state index in [-0.39, 0.29) is 23.0 Å². The smallest absolute Gasteiger partial charge is 0.292 e. The molecule has 1 aliphatic carbocycles. The number of amides is 2. The fraction of sp³-hybridized carbons (Fsp3) is 0.467. The second-order valence-corrected chi connectivity index (χ2v) is 5.76. The Kier molecular flexibility index (Phi) is 5.15. The lowest BCUT2D eigenvalue weighted by atomic mass is 9.93. The predicted octanol–water partition coefficient (Wildman–Crippen LogP) is 1.34. The molecule has 1 aromatic rings. The molecule has 23 heavy (non-hydrogen) atoms. The Bertz CT molecular complexity index is 632. The molecular formula is C15H20N4O4. The molecule has 0 bridgehead atoms. The van der Waals surface area contributed by atoms with Crippen molar-refractivity contribution in [3.05, 3.63) is 33.9 Å². The molecular weight excluding hydrogens is 300 g/mol. The summed E-state index contributed by atoms with van der Waals surface area (Å²) in [4.78, 5) is 34.2. The molecule has 124 valence electrons. The number of nitrogen functional groups attached to an aromatic ring is 1. The van der Waals surface area contributed by atoms with E-state index in [0.717, 1.165) is 25.3 Å². The highest BCUT2D eigenvalue weighted by Gasteiger charge is 2.29. The number of nitro benzene ring substituents is 1. The number of hydrogen-bond donors (Lipinski definition) is 3. The summed E-state index contributed by atoms with van der Waals surface area (Å²) in [5.74, 6) is -1.31. The second-order valence-electron chi connectivity index (χ2n) is 5.76. The van der Waals surface area contributed by atoms with Crippen LogP contribution in [-0.2, 0) is 4.79 Å². The van der Waals surface area contributed by atoms with Crippen molar-refractivity contribution in [1.82, 2.24) is 5.32 Å². The normalized spacial score (nSPS) is 21.2. The van der Waals surface area contributed by atoms with Gasteiger partial charge in [-0.25, -0.2) is 0 Å². The van der Waals surface area contributed by atoms with Crippen LogP contribution in [0.1, 0.15) is 42.5 Å². The molecule has 0 radical (unpaired) electrons. The van der Waals surface area contributed by atoms with Crippen molar-refractivity contribution in [3.8, 4) is 0 Å². The first kappa shape index (κ1) is 16.7. The molecule has 2 rings (SSSR count). The van der Waals surface area contributed by atoms with Gasteiger partial charge < -0.3 is 16.8 Å². The zero-order valence-electron chi connectivity index (χ0n) is 12.7. The van der Waals surface area contributed by atoms with Gasteiger partial charge in [-0.15, -0.1) is 0 Å². The largest absolute Gasteiger partial charge is 0.393 e. The Hall–Kier alpha value is -2.64. The molecule has 8 heteroatoms. The van der Waals surface area contributed by atoms with Gasteiger partial charge in [-0.2, -0.15) is 0 Å². The first-order chi connectivity index (χ1) is 10.9. The summed E-state index contributed by atoms with van der Waals surface area (Å²) in [6.45, 7) is 0. The summed E-state index contributed by atoms with van der Waals surface area (Å²) >= 11 is 0. The van der Waals surface area contributed by atoms with Crippen LogP contribution < -0.4 is 16.8 Å². The maximum atomic E-state index is 12.4. The lowest BCUT2D eigenvalue weighted by Gasteiger charge is -2.23. The highest BCUT2D eigenvalue weighted by molar-refractivity contribution is 5.96. The topological polar surface area (TPSA) is 141 Å². The summed E-state index contributed by atoms with van der Waals surface area (Å²) in [6.07, 6.45) is 4.09. The summed E-state index contributed by atoms with van der Waals surface area (Å²) in [7, 11) is 0. The minimum atomic E-state index is -0.635. The van der Waals surface area contributed by atoms with Crippen molar-refractivity contribution in [2.75, 3.05) is 5.73 Å². The zero-order chi connectivity index (χ0) is 17.0. The van der Waals surface area contributed by atoms with Crippen molar-refractivity contribution < 1.29 is 14.5 Å². The van der Waals surface area contributed by atoms with E-state index in [1.807, 2.05) is 0 Å². The highest BCUT2D eigenvalue weighted by atomic mass is 16.6. The van der Waals surface area contributed by atoms with Gasteiger partial charge in [0.2, 0.25) is 5.91 Å². The number of nitrogens with two attached hydrogens (primary N) is 2. The molecule has 1 aliphatic rings. The zero-order valence-corrected chi connectivity index (χ0v) is 12.7. The number of carbonyl (C=O) groups excluding carboxylic acids is 2. The van der Waals surface area contributed by atoms with E-state index >= 15 is 0 Å². The third kappa shape index (κ3) is 3.97. The van der Waals surface area contributed by atoms with Crippen LogP contribution in [0.2, 0.25) is 0 Å². The Morgan fingerprint density at radius 2 is 1.91 bits per heavy atom. The SMILES string of the molecule is NC(=O)[C@H]1CCCCC[C@@H]1NC(=O)c1ccc(N)c([N+](=O)[O-])c1. The highest BCUT2D eigenvalue weighted by Crippen LogP contribution is 2.25. The first-order valence-corrected chi connectivity index (χ1v) is 7.54. The van der Waals surface area contributed by atoms with Crippen LogP contribution in [0.25, 0.3) is 0 Å². The van der Waals surface area contributed by atoms with Gasteiger partial charge in [0.15, 0.2) is 0 Å². The molecule has 1 saturated carbocycles. The quantitative estimate of drug-likeness (QED) is 0.332. The molecule has 0 unspecified atom stereocenters. The first-order valence-electron chi connectivity index (χ1n) is 7.54. The molecule has 0 spiro atoms. The number of carbonyl (C=O) groups is 2. The maximum absolute atomic E-state index is 12.4. The molecule has 0 saturated heterocycles. The van der Waals surface area contributed by atoms with E-state index in [1.54, 1.807) is 0 Å². The molecule has 0 aliphatic heterocycles. The van der Waals surface area contributed by atoms with E-state index < -0.39 is 22.7 Å². The van der Waals surface area contributed by atoms with Crippen LogP contribution in [0.4, 0.5) is 11.4 Å². The fourth-order valence-corrected chi connectivity index (χ4v) is 2.92. The van der Waals surface area contributed by atoms with E-state index in [9.17, 15) is 19.7 Å². The number of anilines is 1. The van der Waals surface area contributed by atoms with Gasteiger partial charge in [-0.3, -0.25) is 19.7 Å². The Labute approximate surface area is 133 Å². The number of nitrogens with one attached hydrogen (secondary N) is 1. The van der Waals surface area contributed by atoms with Gasteiger partial charge in [-0.1, -0.05) is 19.3 Å². The summed E-state index contributed by atoms with van der Waals surface area (Å²) in [6, 6.07) is 3.54. The lowest BCUT2D eigenvalue weighted by molar-refractivity contribution is -0.383. The summed E-state index contributed by atoms with van der Waals surface area (Å²) in [5.41, 5.74) is 10.8. The molecule has 5 N–H and O–H groups in total. The van der Waals surface area contributed by atoms with E-state index in [1.165, 1.54) is 12.1 Å². The van der Waals surface area contributed by atoms with E-state index in [0.29, 0.717) is 12.8 Å². The van der Waals surface area contributed by atoms with Gasteiger partial charge in [0, 0.05) is 17.7 Å². The molecule has 1 fully saturated rings. The van der Waals surface area contributed by atoms with E-state index in [4.69, 9.17) is 11.5 Å². The van der Waals surface area contributed by atoms with Gasteiger partial charge >= 0.3 is 0 Å². The Morgan fingerprint density at radius 1 is 1.22 bits per heavy atom. The third-order valence-electron chi connectivity index (χ3n) is 4.19. The number of nitrogens with zero attached hydrogens (tertiary/aromatic N) is 1.